The molecule has 11 heteroatoms. The summed E-state index contributed by atoms with van der Waals surface area (Å²) >= 11 is 6.27. The number of aromatic nitrogens is 2. The van der Waals surface area contributed by atoms with Gasteiger partial charge in [0.2, 0.25) is 5.75 Å². The zero-order valence-electron chi connectivity index (χ0n) is 27.2. The summed E-state index contributed by atoms with van der Waals surface area (Å²) < 4.78 is 90.7. The molecule has 35 heavy (non-hydrogen) atoms. The third kappa shape index (κ3) is 5.69. The SMILES string of the molecule is [2H]C1([2H])OC([2H])([2H])C2C(Oc3ncnc(Nc4ccc([N+]#[C-])cc4Cl)c3OC)C1C([2H])([2H])N(C(=O)OC(C)(C)C)C2([2H])[2H]. The molecule has 1 amide bonds. The van der Waals surface area contributed by atoms with Crippen LogP contribution in [0.2, 0.25) is 5.02 Å². The summed E-state index contributed by atoms with van der Waals surface area (Å²) in [7, 11) is 1.23. The Bertz CT molecular complexity index is 1430. The molecule has 4 rings (SSSR count). The first-order valence-electron chi connectivity index (χ1n) is 14.4. The number of benzene rings is 1. The topological polar surface area (TPSA) is 99.4 Å². The van der Waals surface area contributed by atoms with E-state index in [1.54, 1.807) is 0 Å². The normalized spacial score (nSPS) is 30.7. The predicted molar refractivity (Wildman–Crippen MR) is 130 cm³/mol. The van der Waals surface area contributed by atoms with Crippen LogP contribution in [0.5, 0.6) is 11.6 Å². The molecule has 2 aromatic rings. The minimum atomic E-state index is -3.17. The van der Waals surface area contributed by atoms with Gasteiger partial charge in [0.25, 0.3) is 5.88 Å². The molecular formula is C24H28ClN5O5. The van der Waals surface area contributed by atoms with Crippen molar-refractivity contribution in [3.8, 4) is 11.6 Å². The van der Waals surface area contributed by atoms with Gasteiger partial charge in [-0.2, -0.15) is 4.98 Å². The molecule has 0 saturated carbocycles. The maximum Gasteiger partial charge on any atom is 0.410 e. The Morgan fingerprint density at radius 3 is 2.63 bits per heavy atom. The fraction of sp³-hybridized carbons (Fsp3) is 0.500. The number of fused-ring (bicyclic) bond motifs is 2. The van der Waals surface area contributed by atoms with Crippen molar-refractivity contribution in [2.24, 2.45) is 11.8 Å². The summed E-state index contributed by atoms with van der Waals surface area (Å²) in [6.07, 6.45) is -2.38. The molecule has 3 heterocycles. The van der Waals surface area contributed by atoms with Crippen LogP contribution in [0.3, 0.4) is 0 Å². The van der Waals surface area contributed by atoms with Gasteiger partial charge in [-0.15, -0.1) is 0 Å². The van der Waals surface area contributed by atoms with Crippen molar-refractivity contribution < 1.29 is 34.7 Å². The van der Waals surface area contributed by atoms with Crippen molar-refractivity contribution >= 4 is 34.9 Å². The third-order valence-electron chi connectivity index (χ3n) is 4.70. The summed E-state index contributed by atoms with van der Waals surface area (Å²) in [5.41, 5.74) is -0.585. The number of anilines is 2. The highest BCUT2D eigenvalue weighted by atomic mass is 35.5. The zero-order chi connectivity index (χ0) is 32.3. The predicted octanol–water partition coefficient (Wildman–Crippen LogP) is 4.69. The monoisotopic (exact) mass is 509 g/mol. The molecule has 0 aliphatic carbocycles. The Morgan fingerprint density at radius 2 is 2.03 bits per heavy atom. The molecule has 2 aliphatic heterocycles. The molecule has 186 valence electrons. The standard InChI is InChI=1S/C24H28ClN5O5/c1-24(2,3)35-23(31)30-9-14-11-33-12-15(10-30)19(14)34-22-20(32-5)21(27-13-28-22)29-18-7-6-16(26-4)8-17(18)25/h6-8,13-15,19H,9-12H2,1-3,5H3,(H,27,28,29)/i9D2,10D2,11D2,12D2. The maximum atomic E-state index is 13.2. The number of carbonyl (C=O) groups is 1. The van der Waals surface area contributed by atoms with E-state index in [9.17, 15) is 4.79 Å². The number of piperidine rings is 1. The second-order valence-corrected chi connectivity index (χ2v) is 8.82. The smallest absolute Gasteiger partial charge is 0.410 e. The average molecular weight is 510 g/mol. The number of carbonyl (C=O) groups excluding carboxylic acids is 1. The fourth-order valence-corrected chi connectivity index (χ4v) is 3.42. The fourth-order valence-electron chi connectivity index (χ4n) is 3.20. The Morgan fingerprint density at radius 1 is 1.31 bits per heavy atom. The van der Waals surface area contributed by atoms with Gasteiger partial charge < -0.3 is 29.2 Å². The molecule has 2 bridgehead atoms. The van der Waals surface area contributed by atoms with Crippen LogP contribution >= 0.6 is 11.6 Å². The number of nitrogens with one attached hydrogen (secondary N) is 1. The number of amides is 1. The lowest BCUT2D eigenvalue weighted by molar-refractivity contribution is -0.113. The molecule has 0 spiro atoms. The number of methoxy groups -OCH3 is 1. The number of rotatable bonds is 5. The lowest BCUT2D eigenvalue weighted by Gasteiger charge is -2.46. The van der Waals surface area contributed by atoms with E-state index < -0.39 is 61.6 Å². The second-order valence-electron chi connectivity index (χ2n) is 8.41. The molecule has 2 atom stereocenters. The molecule has 2 unspecified atom stereocenters. The largest absolute Gasteiger partial charge is 0.489 e. The van der Waals surface area contributed by atoms with E-state index in [1.165, 1.54) is 46.1 Å². The first-order chi connectivity index (χ1) is 19.7. The Labute approximate surface area is 220 Å². The van der Waals surface area contributed by atoms with Gasteiger partial charge in [0.15, 0.2) is 11.5 Å². The lowest BCUT2D eigenvalue weighted by atomic mass is 9.84. The van der Waals surface area contributed by atoms with E-state index in [2.05, 4.69) is 20.1 Å². The number of halogens is 1. The van der Waals surface area contributed by atoms with Gasteiger partial charge >= 0.3 is 6.09 Å². The molecule has 2 aliphatic rings. The number of nitrogens with zero attached hydrogens (tertiary/aromatic N) is 4. The van der Waals surface area contributed by atoms with E-state index in [1.807, 2.05) is 0 Å². The first kappa shape index (κ1) is 16.4. The highest BCUT2D eigenvalue weighted by Crippen LogP contribution is 2.39. The van der Waals surface area contributed by atoms with Crippen LogP contribution in [0, 0.1) is 18.4 Å². The number of hydrogen-bond acceptors (Lipinski definition) is 8. The van der Waals surface area contributed by atoms with Crippen molar-refractivity contribution in [3.05, 3.63) is 41.0 Å². The summed E-state index contributed by atoms with van der Waals surface area (Å²) in [5.74, 6) is -4.85. The van der Waals surface area contributed by atoms with Gasteiger partial charge in [0, 0.05) is 24.8 Å². The van der Waals surface area contributed by atoms with Crippen LogP contribution in [-0.4, -0.2) is 65.9 Å². The summed E-state index contributed by atoms with van der Waals surface area (Å²) in [5, 5.41) is 3.07. The third-order valence-corrected chi connectivity index (χ3v) is 5.01. The van der Waals surface area contributed by atoms with Crippen LogP contribution in [0.4, 0.5) is 22.0 Å². The van der Waals surface area contributed by atoms with Crippen molar-refractivity contribution in [2.75, 3.05) is 38.5 Å². The maximum absolute atomic E-state index is 13.2. The van der Waals surface area contributed by atoms with E-state index >= 15 is 0 Å². The van der Waals surface area contributed by atoms with Crippen molar-refractivity contribution in [1.82, 2.24) is 14.9 Å². The molecule has 1 N–H and O–H groups in total. The van der Waals surface area contributed by atoms with Gasteiger partial charge in [-0.3, -0.25) is 0 Å². The van der Waals surface area contributed by atoms with Crippen LogP contribution in [-0.2, 0) is 9.47 Å². The van der Waals surface area contributed by atoms with Gasteiger partial charge in [-0.05, 0) is 32.9 Å². The van der Waals surface area contributed by atoms with Crippen LogP contribution < -0.4 is 14.8 Å². The van der Waals surface area contributed by atoms with E-state index in [0.29, 0.717) is 5.69 Å². The Kier molecular flexibility index (Phi) is 4.75. The van der Waals surface area contributed by atoms with E-state index in [4.69, 9.17) is 48.1 Å². The Hall–Kier alpha value is -3.29. The summed E-state index contributed by atoms with van der Waals surface area (Å²) in [6, 6.07) is 4.42. The molecule has 0 radical (unpaired) electrons. The van der Waals surface area contributed by atoms with Gasteiger partial charge in [0.05, 0.1) is 48.5 Å². The van der Waals surface area contributed by atoms with Gasteiger partial charge in [-0.25, -0.2) is 14.6 Å². The lowest BCUT2D eigenvalue weighted by Crippen LogP contribution is -2.59. The molecular weight excluding hydrogens is 474 g/mol. The number of likely N-dealkylation sites (tertiary alicyclic amines) is 1. The molecule has 2 fully saturated rings. The summed E-state index contributed by atoms with van der Waals surface area (Å²) in [4.78, 5) is 24.7. The molecule has 1 aromatic carbocycles. The first-order valence-corrected chi connectivity index (χ1v) is 10.8. The minimum Gasteiger partial charge on any atom is -0.489 e. The minimum absolute atomic E-state index is 0.0189. The molecule has 2 saturated heterocycles. The number of hydrogen-bond donors (Lipinski definition) is 1. The quantitative estimate of drug-likeness (QED) is 0.579. The van der Waals surface area contributed by atoms with Crippen molar-refractivity contribution in [3.63, 3.8) is 0 Å². The zero-order valence-corrected chi connectivity index (χ0v) is 20.0. The van der Waals surface area contributed by atoms with Crippen molar-refractivity contribution in [2.45, 2.75) is 32.5 Å². The van der Waals surface area contributed by atoms with Crippen LogP contribution in [0.15, 0.2) is 24.5 Å². The van der Waals surface area contributed by atoms with E-state index in [-0.39, 0.29) is 27.2 Å². The molecule has 10 nitrogen and oxygen atoms in total. The van der Waals surface area contributed by atoms with Crippen LogP contribution in [0.25, 0.3) is 4.85 Å². The highest BCUT2D eigenvalue weighted by molar-refractivity contribution is 6.33. The Balaban J connectivity index is 1.82. The molecule has 1 aromatic heterocycles. The number of ether oxygens (including phenoxy) is 4. The van der Waals surface area contributed by atoms with E-state index in [0.717, 1.165) is 6.33 Å². The van der Waals surface area contributed by atoms with Gasteiger partial charge in [0.1, 0.15) is 18.0 Å². The van der Waals surface area contributed by atoms with Gasteiger partial charge in [-0.1, -0.05) is 17.7 Å². The van der Waals surface area contributed by atoms with Crippen molar-refractivity contribution in [1.29, 1.82) is 0 Å². The van der Waals surface area contributed by atoms with Crippen LogP contribution in [0.1, 0.15) is 31.7 Å². The average Bonchev–Trinajstić information content (AvgIpc) is 2.81. The summed E-state index contributed by atoms with van der Waals surface area (Å²) in [6.45, 7) is -1.02. The highest BCUT2D eigenvalue weighted by Gasteiger charge is 2.45. The second kappa shape index (κ2) is 10.1.